The molecule has 3 rings (SSSR count). The first-order valence-corrected chi connectivity index (χ1v) is 13.0. The zero-order valence-electron chi connectivity index (χ0n) is 19.5. The molecule has 0 aliphatic carbocycles. The minimum Gasteiger partial charge on any atom is -0.481 e. The third-order valence-electron chi connectivity index (χ3n) is 5.58. The summed E-state index contributed by atoms with van der Waals surface area (Å²) in [4.78, 5) is 14.5. The summed E-state index contributed by atoms with van der Waals surface area (Å²) in [5.74, 6) is 0.595. The van der Waals surface area contributed by atoms with Crippen LogP contribution in [0.5, 0.6) is 5.75 Å². The number of amides is 1. The minimum absolute atomic E-state index is 0.201. The van der Waals surface area contributed by atoms with E-state index in [1.165, 1.54) is 16.4 Å². The van der Waals surface area contributed by atoms with Crippen molar-refractivity contribution in [2.75, 3.05) is 37.6 Å². The van der Waals surface area contributed by atoms with E-state index in [-0.39, 0.29) is 10.8 Å². The van der Waals surface area contributed by atoms with Gasteiger partial charge in [-0.25, -0.2) is 8.42 Å². The lowest BCUT2D eigenvalue weighted by atomic mass is 10.1. The van der Waals surface area contributed by atoms with E-state index in [2.05, 4.69) is 10.2 Å². The van der Waals surface area contributed by atoms with Crippen LogP contribution in [0.2, 0.25) is 5.02 Å². The predicted molar refractivity (Wildman–Crippen MR) is 132 cm³/mol. The lowest BCUT2D eigenvalue weighted by Gasteiger charge is -2.36. The molecule has 1 heterocycles. The van der Waals surface area contributed by atoms with Crippen LogP contribution < -0.4 is 15.0 Å². The summed E-state index contributed by atoms with van der Waals surface area (Å²) in [5, 5.41) is 3.49. The summed E-state index contributed by atoms with van der Waals surface area (Å²) in [6, 6.07) is 12.0. The van der Waals surface area contributed by atoms with Gasteiger partial charge in [-0.1, -0.05) is 31.5 Å². The Kier molecular flexibility index (Phi) is 8.26. The monoisotopic (exact) mass is 493 g/mol. The SMILES string of the molecule is Cc1ccc(Cl)cc1N1CCN(S(=O)(=O)c2ccc(O[C@@H](C)C(=O)NCC(C)C)cc2)CC1. The van der Waals surface area contributed by atoms with Crippen LogP contribution in [0.25, 0.3) is 0 Å². The number of halogens is 1. The summed E-state index contributed by atoms with van der Waals surface area (Å²) in [6.07, 6.45) is -0.672. The van der Waals surface area contributed by atoms with Gasteiger partial charge in [-0.15, -0.1) is 0 Å². The fraction of sp³-hybridized carbons (Fsp3) is 0.458. The summed E-state index contributed by atoms with van der Waals surface area (Å²) >= 11 is 6.14. The molecule has 0 radical (unpaired) electrons. The van der Waals surface area contributed by atoms with Crippen molar-refractivity contribution in [2.45, 2.75) is 38.7 Å². The fourth-order valence-electron chi connectivity index (χ4n) is 3.64. The molecule has 33 heavy (non-hydrogen) atoms. The Hall–Kier alpha value is -2.29. The molecule has 2 aromatic rings. The van der Waals surface area contributed by atoms with E-state index in [0.717, 1.165) is 11.3 Å². The van der Waals surface area contributed by atoms with Crippen LogP contribution in [-0.2, 0) is 14.8 Å². The minimum atomic E-state index is -3.62. The van der Waals surface area contributed by atoms with Crippen LogP contribution in [0.4, 0.5) is 5.69 Å². The first kappa shape index (κ1) is 25.3. The number of carbonyl (C=O) groups excluding carboxylic acids is 1. The molecular formula is C24H32ClN3O4S. The average Bonchev–Trinajstić information content (AvgIpc) is 2.79. The summed E-state index contributed by atoms with van der Waals surface area (Å²) in [7, 11) is -3.62. The normalized spacial score (nSPS) is 16.0. The van der Waals surface area contributed by atoms with Gasteiger partial charge in [-0.3, -0.25) is 4.79 Å². The standard InChI is InChI=1S/C24H32ClN3O4S/c1-17(2)16-26-24(29)19(4)32-21-7-9-22(10-8-21)33(30,31)28-13-11-27(12-14-28)23-15-20(25)6-5-18(23)3/h5-10,15,17,19H,11-14,16H2,1-4H3,(H,26,29)/t19-/m0/s1. The maximum atomic E-state index is 13.1. The number of hydrogen-bond donors (Lipinski definition) is 1. The third-order valence-corrected chi connectivity index (χ3v) is 7.73. The molecular weight excluding hydrogens is 462 g/mol. The van der Waals surface area contributed by atoms with Gasteiger partial charge in [0.2, 0.25) is 10.0 Å². The second-order valence-corrected chi connectivity index (χ2v) is 11.1. The van der Waals surface area contributed by atoms with Crippen molar-refractivity contribution in [3.63, 3.8) is 0 Å². The number of ether oxygens (including phenoxy) is 1. The van der Waals surface area contributed by atoms with Gasteiger partial charge >= 0.3 is 0 Å². The van der Waals surface area contributed by atoms with Gasteiger partial charge in [0, 0.05) is 43.4 Å². The molecule has 0 aromatic heterocycles. The lowest BCUT2D eigenvalue weighted by molar-refractivity contribution is -0.127. The molecule has 1 aliphatic heterocycles. The molecule has 1 atom stereocenters. The van der Waals surface area contributed by atoms with Crippen LogP contribution in [-0.4, -0.2) is 57.5 Å². The Morgan fingerprint density at radius 1 is 1.06 bits per heavy atom. The van der Waals surface area contributed by atoms with Gasteiger partial charge < -0.3 is 15.0 Å². The largest absolute Gasteiger partial charge is 0.481 e. The third kappa shape index (κ3) is 6.40. The van der Waals surface area contributed by atoms with E-state index in [1.807, 2.05) is 39.0 Å². The number of nitrogens with one attached hydrogen (secondary N) is 1. The van der Waals surface area contributed by atoms with E-state index >= 15 is 0 Å². The van der Waals surface area contributed by atoms with E-state index in [4.69, 9.17) is 16.3 Å². The van der Waals surface area contributed by atoms with Crippen LogP contribution >= 0.6 is 11.6 Å². The zero-order chi connectivity index (χ0) is 24.2. The number of anilines is 1. The molecule has 1 saturated heterocycles. The number of benzene rings is 2. The highest BCUT2D eigenvalue weighted by atomic mass is 35.5. The quantitative estimate of drug-likeness (QED) is 0.606. The number of nitrogens with zero attached hydrogens (tertiary/aromatic N) is 2. The van der Waals surface area contributed by atoms with Crippen molar-refractivity contribution in [3.05, 3.63) is 53.1 Å². The smallest absolute Gasteiger partial charge is 0.260 e. The van der Waals surface area contributed by atoms with Crippen LogP contribution in [0.1, 0.15) is 26.3 Å². The van der Waals surface area contributed by atoms with E-state index in [9.17, 15) is 13.2 Å². The van der Waals surface area contributed by atoms with Crippen molar-refractivity contribution in [2.24, 2.45) is 5.92 Å². The Labute approximate surface area is 201 Å². The molecule has 1 amide bonds. The van der Waals surface area contributed by atoms with Gasteiger partial charge in [0.25, 0.3) is 5.91 Å². The molecule has 0 unspecified atom stereocenters. The van der Waals surface area contributed by atoms with Crippen LogP contribution in [0.3, 0.4) is 0 Å². The van der Waals surface area contributed by atoms with Crippen LogP contribution in [0.15, 0.2) is 47.4 Å². The maximum Gasteiger partial charge on any atom is 0.260 e. The van der Waals surface area contributed by atoms with Crippen molar-refractivity contribution in [1.82, 2.24) is 9.62 Å². The number of carbonyl (C=O) groups is 1. The Bertz CT molecular complexity index is 1070. The van der Waals surface area contributed by atoms with E-state index in [1.54, 1.807) is 19.1 Å². The van der Waals surface area contributed by atoms with Crippen molar-refractivity contribution < 1.29 is 17.9 Å². The molecule has 7 nitrogen and oxygen atoms in total. The van der Waals surface area contributed by atoms with Crippen molar-refractivity contribution in [3.8, 4) is 5.75 Å². The van der Waals surface area contributed by atoms with Gasteiger partial charge in [0.15, 0.2) is 6.10 Å². The molecule has 180 valence electrons. The van der Waals surface area contributed by atoms with Gasteiger partial charge in [0.05, 0.1) is 4.90 Å². The summed E-state index contributed by atoms with van der Waals surface area (Å²) in [6.45, 7) is 10.3. The molecule has 2 aromatic carbocycles. The molecule has 0 spiro atoms. The topological polar surface area (TPSA) is 79.0 Å². The summed E-state index contributed by atoms with van der Waals surface area (Å²) in [5.41, 5.74) is 2.14. The fourth-order valence-corrected chi connectivity index (χ4v) is 5.23. The van der Waals surface area contributed by atoms with E-state index < -0.39 is 16.1 Å². The van der Waals surface area contributed by atoms with Gasteiger partial charge in [0.1, 0.15) is 5.75 Å². The number of piperazine rings is 1. The van der Waals surface area contributed by atoms with Crippen molar-refractivity contribution >= 4 is 33.2 Å². The second kappa shape index (κ2) is 10.8. The lowest BCUT2D eigenvalue weighted by Crippen LogP contribution is -2.48. The molecule has 0 bridgehead atoms. The molecule has 1 aliphatic rings. The second-order valence-electron chi connectivity index (χ2n) is 8.69. The molecule has 1 fully saturated rings. The number of sulfonamides is 1. The summed E-state index contributed by atoms with van der Waals surface area (Å²) < 4.78 is 33.4. The Morgan fingerprint density at radius 3 is 2.30 bits per heavy atom. The highest BCUT2D eigenvalue weighted by molar-refractivity contribution is 7.89. The van der Waals surface area contributed by atoms with Crippen molar-refractivity contribution in [1.29, 1.82) is 0 Å². The molecule has 0 saturated carbocycles. The first-order valence-electron chi connectivity index (χ1n) is 11.1. The number of aryl methyl sites for hydroxylation is 1. The number of hydrogen-bond acceptors (Lipinski definition) is 5. The Balaban J connectivity index is 1.60. The predicted octanol–water partition coefficient (Wildman–Crippen LogP) is 3.70. The molecule has 9 heteroatoms. The highest BCUT2D eigenvalue weighted by Gasteiger charge is 2.29. The first-order chi connectivity index (χ1) is 15.6. The molecule has 1 N–H and O–H groups in total. The number of rotatable bonds is 8. The Morgan fingerprint density at radius 2 is 1.70 bits per heavy atom. The zero-order valence-corrected chi connectivity index (χ0v) is 21.1. The van der Waals surface area contributed by atoms with Gasteiger partial charge in [-0.05, 0) is 61.7 Å². The average molecular weight is 494 g/mol. The van der Waals surface area contributed by atoms with E-state index in [0.29, 0.717) is 49.4 Å². The highest BCUT2D eigenvalue weighted by Crippen LogP contribution is 2.27. The maximum absolute atomic E-state index is 13.1. The van der Waals surface area contributed by atoms with Gasteiger partial charge in [-0.2, -0.15) is 4.31 Å². The van der Waals surface area contributed by atoms with Crippen LogP contribution in [0, 0.1) is 12.8 Å².